The van der Waals surface area contributed by atoms with Gasteiger partial charge in [0.2, 0.25) is 5.91 Å². The lowest BCUT2D eigenvalue weighted by Crippen LogP contribution is -2.53. The van der Waals surface area contributed by atoms with Crippen molar-refractivity contribution < 1.29 is 9.53 Å². The number of likely N-dealkylation sites (tertiary alicyclic amines) is 1. The summed E-state index contributed by atoms with van der Waals surface area (Å²) in [6.45, 7) is 12.3. The van der Waals surface area contributed by atoms with Gasteiger partial charge in [-0.25, -0.2) is 0 Å². The van der Waals surface area contributed by atoms with E-state index in [1.807, 2.05) is 4.90 Å². The molecule has 1 amide bonds. The number of hydrogen-bond donors (Lipinski definition) is 0. The molecule has 22 heavy (non-hydrogen) atoms. The van der Waals surface area contributed by atoms with Crippen molar-refractivity contribution in [1.29, 1.82) is 0 Å². The average Bonchev–Trinajstić information content (AvgIpc) is 2.89. The van der Waals surface area contributed by atoms with Gasteiger partial charge >= 0.3 is 0 Å². The van der Waals surface area contributed by atoms with Crippen molar-refractivity contribution in [2.75, 3.05) is 52.4 Å². The van der Waals surface area contributed by atoms with E-state index in [1.165, 1.54) is 32.4 Å². The number of nitrogens with zero attached hydrogens (tertiary/aromatic N) is 3. The molecule has 3 aliphatic rings. The van der Waals surface area contributed by atoms with Crippen molar-refractivity contribution in [3.63, 3.8) is 0 Å². The third-order valence-electron chi connectivity index (χ3n) is 5.61. The molecule has 0 aromatic carbocycles. The number of ether oxygens (including phenoxy) is 1. The van der Waals surface area contributed by atoms with Gasteiger partial charge in [0.15, 0.2) is 0 Å². The predicted octanol–water partition coefficient (Wildman–Crippen LogP) is 1.04. The van der Waals surface area contributed by atoms with E-state index in [0.717, 1.165) is 39.3 Å². The Morgan fingerprint density at radius 2 is 1.91 bits per heavy atom. The molecule has 3 atom stereocenters. The van der Waals surface area contributed by atoms with Gasteiger partial charge in [-0.05, 0) is 25.2 Å². The maximum atomic E-state index is 11.4. The summed E-state index contributed by atoms with van der Waals surface area (Å²) in [6.07, 6.45) is 4.24. The Labute approximate surface area is 134 Å². The Morgan fingerprint density at radius 1 is 1.14 bits per heavy atom. The lowest BCUT2D eigenvalue weighted by Gasteiger charge is -2.39. The second kappa shape index (κ2) is 7.28. The molecule has 0 N–H and O–H groups in total. The fourth-order valence-electron chi connectivity index (χ4n) is 4.28. The molecule has 3 rings (SSSR count). The summed E-state index contributed by atoms with van der Waals surface area (Å²) < 4.78 is 5.90. The number of carbonyl (C=O) groups excluding carboxylic acids is 1. The highest BCUT2D eigenvalue weighted by Gasteiger charge is 2.36. The van der Waals surface area contributed by atoms with E-state index in [1.54, 1.807) is 6.92 Å². The first kappa shape index (κ1) is 16.2. The molecule has 126 valence electrons. The second-order valence-corrected chi connectivity index (χ2v) is 7.29. The van der Waals surface area contributed by atoms with Gasteiger partial charge in [0.1, 0.15) is 0 Å². The normalized spacial score (nSPS) is 35.0. The van der Waals surface area contributed by atoms with Gasteiger partial charge in [-0.2, -0.15) is 0 Å². The fourth-order valence-corrected chi connectivity index (χ4v) is 4.28. The molecule has 3 heterocycles. The van der Waals surface area contributed by atoms with E-state index in [4.69, 9.17) is 4.74 Å². The number of hydrogen-bond acceptors (Lipinski definition) is 4. The summed E-state index contributed by atoms with van der Waals surface area (Å²) in [4.78, 5) is 18.6. The molecule has 5 heteroatoms. The minimum Gasteiger partial charge on any atom is -0.377 e. The molecule has 0 spiro atoms. The third-order valence-corrected chi connectivity index (χ3v) is 5.61. The van der Waals surface area contributed by atoms with E-state index >= 15 is 0 Å². The molecule has 3 aliphatic heterocycles. The van der Waals surface area contributed by atoms with Gasteiger partial charge in [-0.1, -0.05) is 6.92 Å². The summed E-state index contributed by atoms with van der Waals surface area (Å²) in [5, 5.41) is 0. The molecule has 5 nitrogen and oxygen atoms in total. The third kappa shape index (κ3) is 3.81. The van der Waals surface area contributed by atoms with Crippen LogP contribution < -0.4 is 0 Å². The van der Waals surface area contributed by atoms with Crippen molar-refractivity contribution in [3.8, 4) is 0 Å². The second-order valence-electron chi connectivity index (χ2n) is 7.29. The van der Waals surface area contributed by atoms with Gasteiger partial charge in [0, 0.05) is 65.4 Å². The summed E-state index contributed by atoms with van der Waals surface area (Å²) in [5.74, 6) is 0.933. The van der Waals surface area contributed by atoms with E-state index in [0.29, 0.717) is 18.1 Å². The summed E-state index contributed by atoms with van der Waals surface area (Å²) in [6, 6.07) is 0.651. The number of rotatable bonds is 3. The van der Waals surface area contributed by atoms with Crippen molar-refractivity contribution >= 4 is 5.91 Å². The lowest BCUT2D eigenvalue weighted by molar-refractivity contribution is -0.130. The minimum atomic E-state index is 0.218. The Hall–Kier alpha value is -0.650. The molecular weight excluding hydrogens is 278 g/mol. The molecule has 3 saturated heterocycles. The molecular formula is C17H31N3O2. The van der Waals surface area contributed by atoms with Crippen LogP contribution in [-0.2, 0) is 9.53 Å². The zero-order chi connectivity index (χ0) is 15.5. The maximum absolute atomic E-state index is 11.4. The highest BCUT2D eigenvalue weighted by atomic mass is 16.5. The predicted molar refractivity (Wildman–Crippen MR) is 86.8 cm³/mol. The van der Waals surface area contributed by atoms with Crippen LogP contribution in [0.15, 0.2) is 0 Å². The first-order valence-electron chi connectivity index (χ1n) is 8.97. The molecule has 0 bridgehead atoms. The van der Waals surface area contributed by atoms with Crippen LogP contribution in [0, 0.1) is 5.92 Å². The average molecular weight is 309 g/mol. The van der Waals surface area contributed by atoms with Gasteiger partial charge < -0.3 is 9.64 Å². The maximum Gasteiger partial charge on any atom is 0.219 e. The van der Waals surface area contributed by atoms with Gasteiger partial charge in [-0.3, -0.25) is 14.6 Å². The van der Waals surface area contributed by atoms with Crippen molar-refractivity contribution in [2.45, 2.75) is 45.3 Å². The quantitative estimate of drug-likeness (QED) is 0.780. The number of carbonyl (C=O) groups is 1. The van der Waals surface area contributed by atoms with E-state index in [-0.39, 0.29) is 5.91 Å². The first-order valence-corrected chi connectivity index (χ1v) is 8.97. The van der Waals surface area contributed by atoms with Crippen molar-refractivity contribution in [1.82, 2.24) is 14.7 Å². The molecule has 3 unspecified atom stereocenters. The summed E-state index contributed by atoms with van der Waals surface area (Å²) in [7, 11) is 0. The topological polar surface area (TPSA) is 36.0 Å². The van der Waals surface area contributed by atoms with Crippen LogP contribution in [0.1, 0.15) is 33.1 Å². The fraction of sp³-hybridized carbons (Fsp3) is 0.941. The lowest BCUT2D eigenvalue weighted by atomic mass is 10.0. The van der Waals surface area contributed by atoms with Crippen LogP contribution in [-0.4, -0.2) is 85.2 Å². The Kier molecular flexibility index (Phi) is 5.37. The van der Waals surface area contributed by atoms with Crippen molar-refractivity contribution in [3.05, 3.63) is 0 Å². The van der Waals surface area contributed by atoms with Gasteiger partial charge in [-0.15, -0.1) is 0 Å². The van der Waals surface area contributed by atoms with E-state index < -0.39 is 0 Å². The highest BCUT2D eigenvalue weighted by Crippen LogP contribution is 2.24. The van der Waals surface area contributed by atoms with Crippen LogP contribution in [0.5, 0.6) is 0 Å². The molecule has 0 aliphatic carbocycles. The van der Waals surface area contributed by atoms with E-state index in [2.05, 4.69) is 16.7 Å². The van der Waals surface area contributed by atoms with Crippen LogP contribution in [0.3, 0.4) is 0 Å². The molecule has 0 aromatic rings. The zero-order valence-electron chi connectivity index (χ0n) is 14.2. The smallest absolute Gasteiger partial charge is 0.219 e. The monoisotopic (exact) mass is 309 g/mol. The minimum absolute atomic E-state index is 0.218. The van der Waals surface area contributed by atoms with Crippen LogP contribution >= 0.6 is 0 Å². The highest BCUT2D eigenvalue weighted by molar-refractivity contribution is 5.73. The van der Waals surface area contributed by atoms with Gasteiger partial charge in [0.25, 0.3) is 0 Å². The Morgan fingerprint density at radius 3 is 2.55 bits per heavy atom. The molecule has 0 radical (unpaired) electrons. The molecule has 3 fully saturated rings. The Bertz CT molecular complexity index is 376. The van der Waals surface area contributed by atoms with Crippen molar-refractivity contribution in [2.24, 2.45) is 5.92 Å². The Balaban J connectivity index is 1.47. The van der Waals surface area contributed by atoms with E-state index in [9.17, 15) is 4.79 Å². The summed E-state index contributed by atoms with van der Waals surface area (Å²) in [5.41, 5.74) is 0. The van der Waals surface area contributed by atoms with Crippen LogP contribution in [0.4, 0.5) is 0 Å². The number of piperazine rings is 1. The zero-order valence-corrected chi connectivity index (χ0v) is 14.2. The first-order chi connectivity index (χ1) is 10.6. The van der Waals surface area contributed by atoms with Crippen LogP contribution in [0.25, 0.3) is 0 Å². The van der Waals surface area contributed by atoms with Crippen LogP contribution in [0.2, 0.25) is 0 Å². The SMILES string of the molecule is CC(=O)N1CCN(C2CN(CC3CCCCO3)CC2C)CC1. The summed E-state index contributed by atoms with van der Waals surface area (Å²) >= 11 is 0. The largest absolute Gasteiger partial charge is 0.377 e. The van der Waals surface area contributed by atoms with Gasteiger partial charge in [0.05, 0.1) is 6.10 Å². The molecule has 0 aromatic heterocycles. The standard InChI is InChI=1S/C17H31N3O2/c1-14-11-18(12-16-5-3-4-10-22-16)13-17(14)20-8-6-19(7-9-20)15(2)21/h14,16-17H,3-13H2,1-2H3. The number of amides is 1. The molecule has 0 saturated carbocycles.